The van der Waals surface area contributed by atoms with Crippen LogP contribution in [0.4, 0.5) is 9.52 Å². The first-order chi connectivity index (χ1) is 18.7. The van der Waals surface area contributed by atoms with Gasteiger partial charge in [-0.05, 0) is 42.0 Å². The highest BCUT2D eigenvalue weighted by atomic mass is 35.5. The van der Waals surface area contributed by atoms with E-state index in [1.54, 1.807) is 24.3 Å². The van der Waals surface area contributed by atoms with Crippen molar-refractivity contribution in [3.63, 3.8) is 0 Å². The lowest BCUT2D eigenvalue weighted by atomic mass is 9.95. The molecule has 1 atom stereocenters. The lowest BCUT2D eigenvalue weighted by Crippen LogP contribution is -2.29. The third-order valence-corrected chi connectivity index (χ3v) is 7.86. The smallest absolute Gasteiger partial charge is 0.301 e. The summed E-state index contributed by atoms with van der Waals surface area (Å²) >= 11 is 13.8. The second-order valence-electron chi connectivity index (χ2n) is 8.34. The first-order valence-electron chi connectivity index (χ1n) is 11.3. The Hall–Kier alpha value is -3.86. The van der Waals surface area contributed by atoms with E-state index in [-0.39, 0.29) is 37.8 Å². The van der Waals surface area contributed by atoms with Crippen molar-refractivity contribution in [2.45, 2.75) is 6.04 Å². The molecule has 4 aromatic rings. The number of ether oxygens (including phenoxy) is 3. The van der Waals surface area contributed by atoms with E-state index in [2.05, 4.69) is 4.98 Å². The van der Waals surface area contributed by atoms with E-state index in [4.69, 9.17) is 37.4 Å². The first kappa shape index (κ1) is 26.7. The minimum atomic E-state index is -1.11. The quantitative estimate of drug-likeness (QED) is 0.158. The Morgan fingerprint density at radius 3 is 2.33 bits per heavy atom. The molecule has 0 radical (unpaired) electrons. The molecule has 1 saturated heterocycles. The summed E-state index contributed by atoms with van der Waals surface area (Å²) in [6.45, 7) is 0. The number of halogens is 3. The van der Waals surface area contributed by atoms with Gasteiger partial charge in [0.15, 0.2) is 16.6 Å². The number of hydrogen-bond donors (Lipinski definition) is 1. The Morgan fingerprint density at radius 1 is 1.00 bits per heavy atom. The number of carbonyl (C=O) groups excluding carboxylic acids is 2. The maximum Gasteiger partial charge on any atom is 0.301 e. The average molecular weight is 589 g/mol. The fraction of sp³-hybridized carbons (Fsp3) is 0.148. The molecule has 3 aromatic carbocycles. The van der Waals surface area contributed by atoms with Gasteiger partial charge in [0.05, 0.1) is 53.7 Å². The van der Waals surface area contributed by atoms with Crippen LogP contribution in [0.5, 0.6) is 17.2 Å². The number of carbonyl (C=O) groups is 2. The van der Waals surface area contributed by atoms with Gasteiger partial charge in [-0.25, -0.2) is 9.37 Å². The predicted octanol–water partition coefficient (Wildman–Crippen LogP) is 6.39. The maximum absolute atomic E-state index is 13.9. The number of nitrogens with zero attached hydrogens (tertiary/aromatic N) is 2. The van der Waals surface area contributed by atoms with E-state index in [1.165, 1.54) is 50.5 Å². The molecule has 0 spiro atoms. The standard InChI is InChI=1S/C27H19Cl2FN2O6S/c1-36-14-7-4-12(5-8-14)21-19(22(33)15-11-16(28)25(38-3)20(29)24(15)37-2)23(34)26(35)32(21)27-31-17-9-6-13(30)10-18(17)39-27/h4-11,21,33H,1-3H3/b22-19+. The summed E-state index contributed by atoms with van der Waals surface area (Å²) < 4.78 is 30.2. The van der Waals surface area contributed by atoms with Gasteiger partial charge in [-0.3, -0.25) is 14.5 Å². The van der Waals surface area contributed by atoms with Crippen LogP contribution in [0.1, 0.15) is 17.2 Å². The Bertz CT molecular complexity index is 1670. The Labute approximate surface area is 235 Å². The number of rotatable bonds is 6. The Balaban J connectivity index is 1.77. The summed E-state index contributed by atoms with van der Waals surface area (Å²) in [5.41, 5.74) is 0.663. The SMILES string of the molecule is COc1ccc(C2/C(=C(\O)c3cc(Cl)c(OC)c(Cl)c3OC)C(=O)C(=O)N2c2nc3ccc(F)cc3s2)cc1. The molecule has 1 N–H and O–H groups in total. The zero-order valence-corrected chi connectivity index (χ0v) is 22.9. The van der Waals surface area contributed by atoms with Gasteiger partial charge in [0, 0.05) is 0 Å². The number of methoxy groups -OCH3 is 3. The number of amides is 1. The summed E-state index contributed by atoms with van der Waals surface area (Å²) in [4.78, 5) is 32.7. The molecule has 1 amide bonds. The Morgan fingerprint density at radius 2 is 1.69 bits per heavy atom. The van der Waals surface area contributed by atoms with Crippen molar-refractivity contribution >= 4 is 67.3 Å². The fourth-order valence-corrected chi connectivity index (χ4v) is 6.12. The van der Waals surface area contributed by atoms with Crippen LogP contribution >= 0.6 is 34.5 Å². The van der Waals surface area contributed by atoms with Crippen LogP contribution in [0.3, 0.4) is 0 Å². The number of thiazole rings is 1. The lowest BCUT2D eigenvalue weighted by Gasteiger charge is -2.23. The minimum Gasteiger partial charge on any atom is -0.507 e. The van der Waals surface area contributed by atoms with Gasteiger partial charge in [-0.1, -0.05) is 46.7 Å². The van der Waals surface area contributed by atoms with Crippen LogP contribution in [0.25, 0.3) is 16.0 Å². The topological polar surface area (TPSA) is 98.2 Å². The van der Waals surface area contributed by atoms with Gasteiger partial charge in [0.25, 0.3) is 5.78 Å². The van der Waals surface area contributed by atoms with Gasteiger partial charge in [-0.2, -0.15) is 0 Å². The van der Waals surface area contributed by atoms with Crippen molar-refractivity contribution < 1.29 is 33.3 Å². The van der Waals surface area contributed by atoms with Crippen LogP contribution < -0.4 is 19.1 Å². The normalized spacial score (nSPS) is 16.7. The van der Waals surface area contributed by atoms with E-state index in [0.717, 1.165) is 11.3 Å². The van der Waals surface area contributed by atoms with Gasteiger partial charge in [0.1, 0.15) is 22.3 Å². The molecule has 1 aromatic heterocycles. The second kappa shape index (κ2) is 10.4. The summed E-state index contributed by atoms with van der Waals surface area (Å²) in [6, 6.07) is 10.9. The number of aliphatic hydroxyl groups excluding tert-OH is 1. The van der Waals surface area contributed by atoms with E-state index < -0.39 is 29.3 Å². The number of benzene rings is 3. The summed E-state index contributed by atoms with van der Waals surface area (Å²) in [5.74, 6) is -2.28. The van der Waals surface area contributed by atoms with Gasteiger partial charge >= 0.3 is 5.91 Å². The molecule has 2 heterocycles. The molecule has 200 valence electrons. The number of hydrogen-bond acceptors (Lipinski definition) is 8. The number of aliphatic hydroxyl groups is 1. The molecule has 1 aliphatic rings. The summed E-state index contributed by atoms with van der Waals surface area (Å²) in [7, 11) is 4.20. The molecule has 0 bridgehead atoms. The zero-order chi connectivity index (χ0) is 28.0. The average Bonchev–Trinajstić information content (AvgIpc) is 3.45. The molecule has 8 nitrogen and oxygen atoms in total. The number of ketones is 1. The molecule has 5 rings (SSSR count). The molecular weight excluding hydrogens is 570 g/mol. The van der Waals surface area contributed by atoms with Gasteiger partial charge < -0.3 is 19.3 Å². The van der Waals surface area contributed by atoms with Crippen molar-refractivity contribution in [3.8, 4) is 17.2 Å². The molecule has 39 heavy (non-hydrogen) atoms. The first-order valence-corrected chi connectivity index (χ1v) is 12.9. The van der Waals surface area contributed by atoms with Crippen LogP contribution in [0.2, 0.25) is 10.0 Å². The van der Waals surface area contributed by atoms with Crippen LogP contribution in [0.15, 0.2) is 54.1 Å². The highest BCUT2D eigenvalue weighted by Gasteiger charge is 2.48. The van der Waals surface area contributed by atoms with Gasteiger partial charge in [-0.15, -0.1) is 0 Å². The molecule has 0 aliphatic carbocycles. The molecule has 12 heteroatoms. The largest absolute Gasteiger partial charge is 0.507 e. The fourth-order valence-electron chi connectivity index (χ4n) is 4.41. The lowest BCUT2D eigenvalue weighted by molar-refractivity contribution is -0.132. The molecule has 1 fully saturated rings. The van der Waals surface area contributed by atoms with Gasteiger partial charge in [0.2, 0.25) is 0 Å². The second-order valence-corrected chi connectivity index (χ2v) is 10.1. The summed E-state index contributed by atoms with van der Waals surface area (Å²) in [6.07, 6.45) is 0. The van der Waals surface area contributed by atoms with Crippen molar-refractivity contribution in [1.82, 2.24) is 4.98 Å². The van der Waals surface area contributed by atoms with Crippen molar-refractivity contribution in [3.05, 3.63) is 81.1 Å². The third kappa shape index (κ3) is 4.44. The third-order valence-electron chi connectivity index (χ3n) is 6.22. The van der Waals surface area contributed by atoms with E-state index in [0.29, 0.717) is 21.5 Å². The number of fused-ring (bicyclic) bond motifs is 1. The zero-order valence-electron chi connectivity index (χ0n) is 20.6. The highest BCUT2D eigenvalue weighted by molar-refractivity contribution is 7.22. The van der Waals surface area contributed by atoms with E-state index >= 15 is 0 Å². The number of aromatic nitrogens is 1. The number of anilines is 1. The maximum atomic E-state index is 13.9. The highest BCUT2D eigenvalue weighted by Crippen LogP contribution is 2.49. The molecular formula is C27H19Cl2FN2O6S. The predicted molar refractivity (Wildman–Crippen MR) is 147 cm³/mol. The Kier molecular flexibility index (Phi) is 7.11. The number of Topliss-reactive ketones (excluding diaryl/α,β-unsaturated/α-hetero) is 1. The molecule has 1 aliphatic heterocycles. The van der Waals surface area contributed by atoms with Crippen LogP contribution in [-0.2, 0) is 9.59 Å². The van der Waals surface area contributed by atoms with Crippen molar-refractivity contribution in [1.29, 1.82) is 0 Å². The molecule has 1 unspecified atom stereocenters. The van der Waals surface area contributed by atoms with Crippen LogP contribution in [0, 0.1) is 5.82 Å². The van der Waals surface area contributed by atoms with Crippen molar-refractivity contribution in [2.24, 2.45) is 0 Å². The molecule has 0 saturated carbocycles. The van der Waals surface area contributed by atoms with E-state index in [1.807, 2.05) is 0 Å². The minimum absolute atomic E-state index is 0.00874. The van der Waals surface area contributed by atoms with E-state index in [9.17, 15) is 19.1 Å². The van der Waals surface area contributed by atoms with Crippen LogP contribution in [-0.4, -0.2) is 43.1 Å². The summed E-state index contributed by atoms with van der Waals surface area (Å²) in [5, 5.41) is 11.7. The van der Waals surface area contributed by atoms with Crippen molar-refractivity contribution in [2.75, 3.05) is 26.2 Å². The monoisotopic (exact) mass is 588 g/mol.